The van der Waals surface area contributed by atoms with Crippen molar-refractivity contribution in [1.82, 2.24) is 5.43 Å². The number of carbonyl (C=O) groups is 1. The summed E-state index contributed by atoms with van der Waals surface area (Å²) in [4.78, 5) is 11.1. The van der Waals surface area contributed by atoms with Crippen LogP contribution in [0.25, 0.3) is 11.3 Å². The van der Waals surface area contributed by atoms with Crippen LogP contribution in [0, 0.1) is 0 Å². The molecule has 0 fully saturated rings. The van der Waals surface area contributed by atoms with Crippen LogP contribution in [0.3, 0.4) is 0 Å². The molecule has 2 aromatic rings. The van der Waals surface area contributed by atoms with Crippen LogP contribution < -0.4 is 11.2 Å². The van der Waals surface area contributed by atoms with Gasteiger partial charge in [0.15, 0.2) is 5.11 Å². The summed E-state index contributed by atoms with van der Waals surface area (Å²) in [6.45, 7) is 0. The van der Waals surface area contributed by atoms with Crippen molar-refractivity contribution in [3.8, 4) is 11.3 Å². The number of nitrogens with zero attached hydrogens (tertiary/aromatic N) is 1. The van der Waals surface area contributed by atoms with Crippen molar-refractivity contribution in [3.05, 3.63) is 47.7 Å². The van der Waals surface area contributed by atoms with Crippen molar-refractivity contribution < 1.29 is 14.3 Å². The normalized spacial score (nSPS) is 10.6. The maximum atomic E-state index is 11.1. The van der Waals surface area contributed by atoms with Crippen LogP contribution >= 0.6 is 12.2 Å². The molecule has 0 saturated heterocycles. The maximum Gasteiger partial charge on any atom is 0.336 e. The molecular formula is C13H11N3O3S. The number of carboxylic acids is 1. The number of benzene rings is 1. The van der Waals surface area contributed by atoms with Crippen LogP contribution in [-0.4, -0.2) is 22.4 Å². The molecule has 1 aromatic heterocycles. The molecule has 102 valence electrons. The Bertz CT molecular complexity index is 679. The molecule has 0 amide bonds. The van der Waals surface area contributed by atoms with Gasteiger partial charge in [0.1, 0.15) is 11.5 Å². The number of hydrazone groups is 1. The molecule has 0 saturated carbocycles. The molecule has 7 heteroatoms. The fourth-order valence-electron chi connectivity index (χ4n) is 1.61. The van der Waals surface area contributed by atoms with Crippen molar-refractivity contribution in [2.75, 3.05) is 0 Å². The minimum absolute atomic E-state index is 0.0456. The van der Waals surface area contributed by atoms with Gasteiger partial charge in [-0.2, -0.15) is 5.10 Å². The summed E-state index contributed by atoms with van der Waals surface area (Å²) in [5.74, 6) is -0.119. The van der Waals surface area contributed by atoms with Gasteiger partial charge < -0.3 is 15.3 Å². The summed E-state index contributed by atoms with van der Waals surface area (Å²) in [6, 6.07) is 9.93. The highest BCUT2D eigenvalue weighted by Gasteiger charge is 2.13. The highest BCUT2D eigenvalue weighted by Crippen LogP contribution is 2.25. The lowest BCUT2D eigenvalue weighted by Crippen LogP contribution is -2.23. The Hall–Kier alpha value is -2.67. The zero-order valence-corrected chi connectivity index (χ0v) is 11.1. The monoisotopic (exact) mass is 289 g/mol. The average molecular weight is 289 g/mol. The van der Waals surface area contributed by atoms with Crippen LogP contribution in [0.5, 0.6) is 0 Å². The molecule has 0 bridgehead atoms. The van der Waals surface area contributed by atoms with E-state index in [9.17, 15) is 4.79 Å². The van der Waals surface area contributed by atoms with Crippen molar-refractivity contribution >= 4 is 29.5 Å². The van der Waals surface area contributed by atoms with Gasteiger partial charge in [-0.3, -0.25) is 5.43 Å². The third-order valence-corrected chi connectivity index (χ3v) is 2.51. The molecule has 0 aliphatic heterocycles. The number of furan rings is 1. The molecule has 0 aliphatic carbocycles. The van der Waals surface area contributed by atoms with Gasteiger partial charge in [0.05, 0.1) is 11.8 Å². The first-order valence-corrected chi connectivity index (χ1v) is 6.00. The lowest BCUT2D eigenvalue weighted by molar-refractivity contribution is 0.0697. The number of hydrogen-bond donors (Lipinski definition) is 3. The summed E-state index contributed by atoms with van der Waals surface area (Å²) in [7, 11) is 0. The number of rotatable bonds is 4. The second-order valence-electron chi connectivity index (χ2n) is 3.79. The summed E-state index contributed by atoms with van der Waals surface area (Å²) in [5, 5.41) is 12.9. The summed E-state index contributed by atoms with van der Waals surface area (Å²) >= 11 is 4.60. The molecule has 4 N–H and O–H groups in total. The quantitative estimate of drug-likeness (QED) is 0.451. The first-order chi connectivity index (χ1) is 9.58. The van der Waals surface area contributed by atoms with E-state index in [4.69, 9.17) is 15.3 Å². The Balaban J connectivity index is 2.27. The number of nitrogens with two attached hydrogens (primary N) is 1. The first kappa shape index (κ1) is 13.8. The number of nitrogens with one attached hydrogen (secondary N) is 1. The molecule has 1 heterocycles. The predicted octanol–water partition coefficient (Wildman–Crippen LogP) is 1.81. The number of hydrogen-bond acceptors (Lipinski definition) is 4. The van der Waals surface area contributed by atoms with Crippen LogP contribution in [-0.2, 0) is 0 Å². The van der Waals surface area contributed by atoms with Gasteiger partial charge in [-0.1, -0.05) is 18.2 Å². The third kappa shape index (κ3) is 3.21. The Morgan fingerprint density at radius 2 is 2.10 bits per heavy atom. The van der Waals surface area contributed by atoms with E-state index < -0.39 is 5.97 Å². The second-order valence-corrected chi connectivity index (χ2v) is 4.23. The van der Waals surface area contributed by atoms with Gasteiger partial charge in [-0.05, 0) is 30.4 Å². The smallest absolute Gasteiger partial charge is 0.336 e. The topological polar surface area (TPSA) is 101 Å². The molecule has 1 aromatic carbocycles. The van der Waals surface area contributed by atoms with Crippen molar-refractivity contribution in [2.24, 2.45) is 10.8 Å². The third-order valence-electron chi connectivity index (χ3n) is 2.42. The molecule has 0 unspecified atom stereocenters. The Labute approximate surface area is 119 Å². The largest absolute Gasteiger partial charge is 0.478 e. The minimum Gasteiger partial charge on any atom is -0.478 e. The molecule has 0 atom stereocenters. The van der Waals surface area contributed by atoms with Gasteiger partial charge in [0.25, 0.3) is 0 Å². The van der Waals surface area contributed by atoms with E-state index in [2.05, 4.69) is 22.7 Å². The molecular weight excluding hydrogens is 278 g/mol. The van der Waals surface area contributed by atoms with Crippen LogP contribution in [0.2, 0.25) is 0 Å². The van der Waals surface area contributed by atoms with E-state index in [1.807, 2.05) is 0 Å². The molecule has 0 radical (unpaired) electrons. The zero-order valence-electron chi connectivity index (χ0n) is 10.2. The van der Waals surface area contributed by atoms with E-state index in [1.54, 1.807) is 30.3 Å². The van der Waals surface area contributed by atoms with Gasteiger partial charge in [0, 0.05) is 5.56 Å². The van der Waals surface area contributed by atoms with Gasteiger partial charge in [0.2, 0.25) is 0 Å². The molecule has 20 heavy (non-hydrogen) atoms. The number of thiocarbonyl (C=S) groups is 1. The summed E-state index contributed by atoms with van der Waals surface area (Å²) in [5.41, 5.74) is 8.29. The Kier molecular flexibility index (Phi) is 4.11. The lowest BCUT2D eigenvalue weighted by Gasteiger charge is -2.01. The van der Waals surface area contributed by atoms with Gasteiger partial charge in [-0.25, -0.2) is 4.79 Å². The minimum atomic E-state index is -1.01. The van der Waals surface area contributed by atoms with Crippen LogP contribution in [0.4, 0.5) is 0 Å². The fraction of sp³-hybridized carbons (Fsp3) is 0. The van der Waals surface area contributed by atoms with E-state index in [0.717, 1.165) is 0 Å². The van der Waals surface area contributed by atoms with E-state index in [1.165, 1.54) is 12.3 Å². The Morgan fingerprint density at radius 1 is 1.35 bits per heavy atom. The molecule has 2 rings (SSSR count). The van der Waals surface area contributed by atoms with E-state index in [-0.39, 0.29) is 10.7 Å². The first-order valence-electron chi connectivity index (χ1n) is 5.59. The zero-order chi connectivity index (χ0) is 14.5. The predicted molar refractivity (Wildman–Crippen MR) is 78.6 cm³/mol. The highest BCUT2D eigenvalue weighted by atomic mass is 32.1. The maximum absolute atomic E-state index is 11.1. The fourth-order valence-corrected chi connectivity index (χ4v) is 1.66. The number of carboxylic acid groups (broad SMARTS) is 1. The van der Waals surface area contributed by atoms with Crippen LogP contribution in [0.15, 0.2) is 45.9 Å². The summed E-state index contributed by atoms with van der Waals surface area (Å²) in [6.07, 6.45) is 1.39. The van der Waals surface area contributed by atoms with E-state index >= 15 is 0 Å². The highest BCUT2D eigenvalue weighted by molar-refractivity contribution is 7.80. The molecule has 0 spiro atoms. The standard InChI is InChI=1S/C13H11N3O3S/c14-13(20)16-15-7-8-5-6-11(19-8)9-3-1-2-4-10(9)12(17)18/h1-7H,(H,17,18)(H3,14,16,20)/b15-7-. The van der Waals surface area contributed by atoms with Gasteiger partial charge in [-0.15, -0.1) is 0 Å². The SMILES string of the molecule is NC(=S)N/N=C\c1ccc(-c2ccccc2C(=O)O)o1. The van der Waals surface area contributed by atoms with Crippen molar-refractivity contribution in [1.29, 1.82) is 0 Å². The lowest BCUT2D eigenvalue weighted by atomic mass is 10.1. The van der Waals surface area contributed by atoms with Gasteiger partial charge >= 0.3 is 5.97 Å². The van der Waals surface area contributed by atoms with E-state index in [0.29, 0.717) is 17.1 Å². The second kappa shape index (κ2) is 5.98. The number of aromatic carboxylic acids is 1. The Morgan fingerprint density at radius 3 is 2.80 bits per heavy atom. The summed E-state index contributed by atoms with van der Waals surface area (Å²) < 4.78 is 5.51. The van der Waals surface area contributed by atoms with Crippen molar-refractivity contribution in [3.63, 3.8) is 0 Å². The average Bonchev–Trinajstić information content (AvgIpc) is 2.87. The molecule has 6 nitrogen and oxygen atoms in total. The van der Waals surface area contributed by atoms with Crippen LogP contribution in [0.1, 0.15) is 16.1 Å². The van der Waals surface area contributed by atoms with Crippen molar-refractivity contribution in [2.45, 2.75) is 0 Å². The molecule has 0 aliphatic rings.